The Morgan fingerprint density at radius 2 is 2.00 bits per heavy atom. The third-order valence-corrected chi connectivity index (χ3v) is 3.07. The number of nitrogens with two attached hydrogens (primary N) is 1. The van der Waals surface area contributed by atoms with Crippen LogP contribution in [0.25, 0.3) is 0 Å². The van der Waals surface area contributed by atoms with Gasteiger partial charge in [0.15, 0.2) is 0 Å². The van der Waals surface area contributed by atoms with E-state index in [1.807, 2.05) is 0 Å². The molecular weight excluding hydrogens is 299 g/mol. The van der Waals surface area contributed by atoms with Crippen LogP contribution in [-0.2, 0) is 16.2 Å². The molecule has 0 spiro atoms. The molecular formula is C10H12F3N3O3S. The van der Waals surface area contributed by atoms with Crippen molar-refractivity contribution in [2.45, 2.75) is 12.6 Å². The molecule has 0 aliphatic heterocycles. The Labute approximate surface area is 113 Å². The standard InChI is InChI=1S/C10H12F3N3O3S/c11-10(12,13)7-2-3-8(16-6-7)9(17)15-4-1-5-20(14,18)19/h2-3,6H,1,4-5H2,(H,15,17)(H2,14,18,19). The van der Waals surface area contributed by atoms with E-state index in [1.54, 1.807) is 0 Å². The average molecular weight is 311 g/mol. The van der Waals surface area contributed by atoms with E-state index >= 15 is 0 Å². The molecule has 0 aliphatic carbocycles. The molecule has 0 unspecified atom stereocenters. The van der Waals surface area contributed by atoms with E-state index in [1.165, 1.54) is 0 Å². The first kappa shape index (κ1) is 16.4. The molecule has 20 heavy (non-hydrogen) atoms. The lowest BCUT2D eigenvalue weighted by molar-refractivity contribution is -0.137. The Hall–Kier alpha value is -1.68. The lowest BCUT2D eigenvalue weighted by atomic mass is 10.2. The lowest BCUT2D eigenvalue weighted by Gasteiger charge is -2.07. The third kappa shape index (κ3) is 5.53. The molecule has 0 aromatic carbocycles. The number of primary sulfonamides is 1. The molecule has 0 radical (unpaired) electrons. The summed E-state index contributed by atoms with van der Waals surface area (Å²) >= 11 is 0. The van der Waals surface area contributed by atoms with Crippen LogP contribution in [-0.4, -0.2) is 31.6 Å². The van der Waals surface area contributed by atoms with E-state index < -0.39 is 27.7 Å². The highest BCUT2D eigenvalue weighted by molar-refractivity contribution is 7.89. The van der Waals surface area contributed by atoms with Crippen LogP contribution < -0.4 is 10.5 Å². The monoisotopic (exact) mass is 311 g/mol. The molecule has 1 aromatic heterocycles. The Kier molecular flexibility index (Phi) is 5.06. The van der Waals surface area contributed by atoms with Crippen LogP contribution in [0, 0.1) is 0 Å². The van der Waals surface area contributed by atoms with Gasteiger partial charge in [0.1, 0.15) is 5.69 Å². The fourth-order valence-corrected chi connectivity index (χ4v) is 1.81. The molecule has 0 saturated carbocycles. The third-order valence-electron chi connectivity index (χ3n) is 2.21. The molecule has 1 amide bonds. The number of nitrogens with zero attached hydrogens (tertiary/aromatic N) is 1. The zero-order valence-electron chi connectivity index (χ0n) is 10.1. The van der Waals surface area contributed by atoms with Crippen molar-refractivity contribution in [2.24, 2.45) is 5.14 Å². The molecule has 10 heteroatoms. The van der Waals surface area contributed by atoms with Crippen molar-refractivity contribution in [1.29, 1.82) is 0 Å². The number of nitrogens with one attached hydrogen (secondary N) is 1. The maximum Gasteiger partial charge on any atom is 0.417 e. The first-order valence-electron chi connectivity index (χ1n) is 5.41. The van der Waals surface area contributed by atoms with E-state index in [0.717, 1.165) is 12.1 Å². The normalized spacial score (nSPS) is 12.2. The van der Waals surface area contributed by atoms with Crippen LogP contribution in [0.2, 0.25) is 0 Å². The first-order valence-corrected chi connectivity index (χ1v) is 7.13. The van der Waals surface area contributed by atoms with Gasteiger partial charge in [0, 0.05) is 12.7 Å². The summed E-state index contributed by atoms with van der Waals surface area (Å²) in [5.74, 6) is -0.985. The average Bonchev–Trinajstić information content (AvgIpc) is 2.32. The van der Waals surface area contributed by atoms with Crippen molar-refractivity contribution in [3.8, 4) is 0 Å². The summed E-state index contributed by atoms with van der Waals surface area (Å²) in [7, 11) is -3.60. The van der Waals surface area contributed by atoms with E-state index in [9.17, 15) is 26.4 Å². The second-order valence-electron chi connectivity index (χ2n) is 3.91. The maximum absolute atomic E-state index is 12.3. The van der Waals surface area contributed by atoms with E-state index in [4.69, 9.17) is 5.14 Å². The fourth-order valence-electron chi connectivity index (χ4n) is 1.26. The van der Waals surface area contributed by atoms with Gasteiger partial charge >= 0.3 is 6.18 Å². The number of carbonyl (C=O) groups is 1. The Morgan fingerprint density at radius 3 is 2.45 bits per heavy atom. The lowest BCUT2D eigenvalue weighted by Crippen LogP contribution is -2.28. The molecule has 0 aliphatic rings. The number of halogens is 3. The summed E-state index contributed by atoms with van der Waals surface area (Å²) in [6, 6.07) is 1.68. The first-order chi connectivity index (χ1) is 9.09. The second kappa shape index (κ2) is 6.18. The number of sulfonamides is 1. The van der Waals surface area contributed by atoms with Gasteiger partial charge in [0.2, 0.25) is 10.0 Å². The summed E-state index contributed by atoms with van der Waals surface area (Å²) in [6.45, 7) is 0.0258. The number of hydrogen-bond acceptors (Lipinski definition) is 4. The number of aromatic nitrogens is 1. The number of alkyl halides is 3. The summed E-state index contributed by atoms with van der Waals surface area (Å²) < 4.78 is 58.1. The SMILES string of the molecule is NS(=O)(=O)CCCNC(=O)c1ccc(C(F)(F)F)cn1. The van der Waals surface area contributed by atoms with Gasteiger partial charge in [-0.2, -0.15) is 13.2 Å². The minimum Gasteiger partial charge on any atom is -0.351 e. The topological polar surface area (TPSA) is 102 Å². The minimum atomic E-state index is -4.52. The van der Waals surface area contributed by atoms with E-state index in [0.29, 0.717) is 6.20 Å². The molecule has 0 saturated heterocycles. The Bertz CT molecular complexity index is 570. The molecule has 0 atom stereocenters. The second-order valence-corrected chi connectivity index (χ2v) is 5.64. The van der Waals surface area contributed by atoms with Gasteiger partial charge in [0.05, 0.1) is 11.3 Å². The smallest absolute Gasteiger partial charge is 0.351 e. The zero-order valence-corrected chi connectivity index (χ0v) is 11.0. The fraction of sp³-hybridized carbons (Fsp3) is 0.400. The highest BCUT2D eigenvalue weighted by atomic mass is 32.2. The molecule has 0 bridgehead atoms. The van der Waals surface area contributed by atoms with Crippen molar-refractivity contribution in [3.05, 3.63) is 29.6 Å². The Morgan fingerprint density at radius 1 is 1.35 bits per heavy atom. The number of pyridine rings is 1. The van der Waals surface area contributed by atoms with Crippen molar-refractivity contribution in [1.82, 2.24) is 10.3 Å². The number of hydrogen-bond donors (Lipinski definition) is 2. The summed E-state index contributed by atoms with van der Waals surface area (Å²) in [4.78, 5) is 14.9. The van der Waals surface area contributed by atoms with Gasteiger partial charge in [-0.05, 0) is 18.6 Å². The minimum absolute atomic E-state index is 0.0258. The van der Waals surface area contributed by atoms with Crippen molar-refractivity contribution in [2.75, 3.05) is 12.3 Å². The summed E-state index contributed by atoms with van der Waals surface area (Å²) in [5, 5.41) is 7.09. The molecule has 3 N–H and O–H groups in total. The number of rotatable bonds is 5. The molecule has 112 valence electrons. The van der Waals surface area contributed by atoms with Gasteiger partial charge in [-0.15, -0.1) is 0 Å². The van der Waals surface area contributed by atoms with Gasteiger partial charge in [-0.25, -0.2) is 13.6 Å². The quantitative estimate of drug-likeness (QED) is 0.773. The van der Waals surface area contributed by atoms with Gasteiger partial charge < -0.3 is 5.32 Å². The molecule has 1 rings (SSSR count). The predicted octanol–water partition coefficient (Wildman–Crippen LogP) is 0.509. The van der Waals surface area contributed by atoms with Crippen molar-refractivity contribution in [3.63, 3.8) is 0 Å². The molecule has 1 heterocycles. The van der Waals surface area contributed by atoms with Gasteiger partial charge in [-0.1, -0.05) is 0 Å². The van der Waals surface area contributed by atoms with Crippen molar-refractivity contribution >= 4 is 15.9 Å². The predicted molar refractivity (Wildman–Crippen MR) is 64.2 cm³/mol. The van der Waals surface area contributed by atoms with Crippen LogP contribution in [0.3, 0.4) is 0 Å². The zero-order chi connectivity index (χ0) is 15.4. The highest BCUT2D eigenvalue weighted by Crippen LogP contribution is 2.28. The summed E-state index contributed by atoms with van der Waals surface area (Å²) in [5.41, 5.74) is -1.14. The van der Waals surface area contributed by atoms with Gasteiger partial charge in [0.25, 0.3) is 5.91 Å². The van der Waals surface area contributed by atoms with Crippen LogP contribution >= 0.6 is 0 Å². The van der Waals surface area contributed by atoms with E-state index in [2.05, 4.69) is 10.3 Å². The Balaban J connectivity index is 2.52. The molecule has 0 fully saturated rings. The van der Waals surface area contributed by atoms with E-state index in [-0.39, 0.29) is 24.4 Å². The number of amides is 1. The summed E-state index contributed by atoms with van der Waals surface area (Å²) in [6.07, 6.45) is -3.86. The molecule has 6 nitrogen and oxygen atoms in total. The van der Waals surface area contributed by atoms with Gasteiger partial charge in [-0.3, -0.25) is 9.78 Å². The highest BCUT2D eigenvalue weighted by Gasteiger charge is 2.30. The molecule has 1 aromatic rings. The van der Waals surface area contributed by atoms with Crippen LogP contribution in [0.4, 0.5) is 13.2 Å². The largest absolute Gasteiger partial charge is 0.417 e. The van der Waals surface area contributed by atoms with Crippen LogP contribution in [0.15, 0.2) is 18.3 Å². The van der Waals surface area contributed by atoms with Crippen molar-refractivity contribution < 1.29 is 26.4 Å². The van der Waals surface area contributed by atoms with Crippen LogP contribution in [0.5, 0.6) is 0 Å². The number of carbonyl (C=O) groups excluding carboxylic acids is 1. The van der Waals surface area contributed by atoms with Crippen LogP contribution in [0.1, 0.15) is 22.5 Å². The maximum atomic E-state index is 12.3.